The van der Waals surface area contributed by atoms with Crippen LogP contribution in [0.1, 0.15) is 23.3 Å². The van der Waals surface area contributed by atoms with Crippen molar-refractivity contribution in [2.75, 3.05) is 13.2 Å². The molecule has 2 aliphatic rings. The number of hydrogen-bond donors (Lipinski definition) is 1. The van der Waals surface area contributed by atoms with Crippen molar-refractivity contribution in [1.82, 2.24) is 10.3 Å². The highest BCUT2D eigenvalue weighted by Crippen LogP contribution is 2.33. The van der Waals surface area contributed by atoms with Crippen molar-refractivity contribution < 1.29 is 14.3 Å². The Hall–Kier alpha value is -1.14. The third kappa shape index (κ3) is 1.91. The molecule has 3 rings (SSSR count). The van der Waals surface area contributed by atoms with Crippen LogP contribution in [0.15, 0.2) is 16.7 Å². The number of nitrogens with one attached hydrogen (secondary N) is 1. The molecule has 5 nitrogen and oxygen atoms in total. The van der Waals surface area contributed by atoms with Gasteiger partial charge in [-0.1, -0.05) is 0 Å². The van der Waals surface area contributed by atoms with E-state index in [1.165, 1.54) is 0 Å². The second kappa shape index (κ2) is 3.96. The van der Waals surface area contributed by atoms with Gasteiger partial charge < -0.3 is 14.8 Å². The molecule has 0 radical (unpaired) electrons. The molecule has 1 fully saturated rings. The van der Waals surface area contributed by atoms with Gasteiger partial charge in [0, 0.05) is 23.5 Å². The summed E-state index contributed by atoms with van der Waals surface area (Å²) in [4.78, 5) is 16.0. The lowest BCUT2D eigenvalue weighted by Gasteiger charge is -2.40. The van der Waals surface area contributed by atoms with Gasteiger partial charge >= 0.3 is 0 Å². The lowest BCUT2D eigenvalue weighted by molar-refractivity contribution is -0.0666. The summed E-state index contributed by atoms with van der Waals surface area (Å²) in [5.41, 5.74) is -0.282. The van der Waals surface area contributed by atoms with Crippen molar-refractivity contribution in [2.24, 2.45) is 0 Å². The summed E-state index contributed by atoms with van der Waals surface area (Å²) in [6.45, 7) is 1.19. The molecule has 0 aromatic carbocycles. The van der Waals surface area contributed by atoms with Crippen LogP contribution in [0.4, 0.5) is 0 Å². The van der Waals surface area contributed by atoms with Crippen LogP contribution in [0.3, 0.4) is 0 Å². The van der Waals surface area contributed by atoms with Gasteiger partial charge in [-0.25, -0.2) is 4.98 Å². The van der Waals surface area contributed by atoms with Crippen molar-refractivity contribution in [3.8, 4) is 5.75 Å². The highest BCUT2D eigenvalue weighted by atomic mass is 79.9. The lowest BCUT2D eigenvalue weighted by atomic mass is 10.0. The number of carbonyl (C=O) groups excluding carboxylic acids is 1. The average Bonchev–Trinajstić information content (AvgIpc) is 2.29. The van der Waals surface area contributed by atoms with Gasteiger partial charge in [0.05, 0.1) is 13.2 Å². The third-order valence-corrected chi connectivity index (χ3v) is 3.42. The van der Waals surface area contributed by atoms with E-state index in [0.29, 0.717) is 37.5 Å². The molecule has 0 bridgehead atoms. The van der Waals surface area contributed by atoms with Crippen molar-refractivity contribution in [1.29, 1.82) is 0 Å². The van der Waals surface area contributed by atoms with E-state index in [-0.39, 0.29) is 5.91 Å². The lowest BCUT2D eigenvalue weighted by Crippen LogP contribution is -2.58. The van der Waals surface area contributed by atoms with Gasteiger partial charge in [-0.15, -0.1) is 0 Å². The second-order valence-electron chi connectivity index (χ2n) is 4.16. The highest BCUT2D eigenvalue weighted by Gasteiger charge is 2.41. The maximum Gasteiger partial charge on any atom is 0.276 e. The van der Waals surface area contributed by atoms with E-state index in [1.807, 2.05) is 0 Å². The Morgan fingerprint density at radius 1 is 1.41 bits per heavy atom. The molecule has 1 N–H and O–H groups in total. The minimum absolute atomic E-state index is 0.180. The van der Waals surface area contributed by atoms with Crippen molar-refractivity contribution in [3.63, 3.8) is 0 Å². The molecule has 0 atom stereocenters. The van der Waals surface area contributed by atoms with Gasteiger partial charge in [0.2, 0.25) is 0 Å². The Morgan fingerprint density at radius 2 is 2.18 bits per heavy atom. The predicted molar refractivity (Wildman–Crippen MR) is 62.8 cm³/mol. The van der Waals surface area contributed by atoms with Gasteiger partial charge in [-0.05, 0) is 22.0 Å². The minimum atomic E-state index is -0.620. The molecule has 0 aliphatic carbocycles. The third-order valence-electron chi connectivity index (χ3n) is 2.98. The number of fused-ring (bicyclic) bond motifs is 1. The summed E-state index contributed by atoms with van der Waals surface area (Å²) in [5, 5.41) is 2.89. The summed E-state index contributed by atoms with van der Waals surface area (Å²) in [6.07, 6.45) is 2.90. The number of pyridine rings is 1. The van der Waals surface area contributed by atoms with E-state index in [1.54, 1.807) is 12.3 Å². The monoisotopic (exact) mass is 298 g/mol. The Labute approximate surface area is 107 Å². The molecular weight excluding hydrogens is 288 g/mol. The van der Waals surface area contributed by atoms with Gasteiger partial charge in [-0.2, -0.15) is 0 Å². The fraction of sp³-hybridized carbons (Fsp3) is 0.455. The number of halogens is 1. The Kier molecular flexibility index (Phi) is 2.56. The quantitative estimate of drug-likeness (QED) is 0.788. The van der Waals surface area contributed by atoms with Crippen LogP contribution in [-0.2, 0) is 4.74 Å². The number of ether oxygens (including phenoxy) is 2. The number of nitrogens with zero attached hydrogens (tertiary/aromatic N) is 1. The smallest absolute Gasteiger partial charge is 0.276 e. The first kappa shape index (κ1) is 11.0. The first-order chi connectivity index (χ1) is 8.19. The first-order valence-corrected chi connectivity index (χ1v) is 6.23. The number of rotatable bonds is 0. The number of carbonyl (C=O) groups is 1. The van der Waals surface area contributed by atoms with Crippen molar-refractivity contribution >= 4 is 21.8 Å². The summed E-state index contributed by atoms with van der Waals surface area (Å²) in [5.74, 6) is 0.352. The summed E-state index contributed by atoms with van der Waals surface area (Å²) < 4.78 is 12.0. The topological polar surface area (TPSA) is 60.5 Å². The molecule has 2 aliphatic heterocycles. The molecule has 0 unspecified atom stereocenters. The Morgan fingerprint density at radius 3 is 2.94 bits per heavy atom. The van der Waals surface area contributed by atoms with Crippen LogP contribution in [-0.4, -0.2) is 29.8 Å². The normalized spacial score (nSPS) is 21.6. The van der Waals surface area contributed by atoms with E-state index in [0.717, 1.165) is 4.47 Å². The van der Waals surface area contributed by atoms with Crippen molar-refractivity contribution in [3.05, 3.63) is 22.4 Å². The van der Waals surface area contributed by atoms with Crippen LogP contribution < -0.4 is 10.1 Å². The fourth-order valence-electron chi connectivity index (χ4n) is 2.10. The SMILES string of the molecule is O=C1NC2(CCOCC2)Oc2cc(Br)cnc21. The molecule has 1 saturated heterocycles. The summed E-state index contributed by atoms with van der Waals surface area (Å²) >= 11 is 3.32. The van der Waals surface area contributed by atoms with Crippen molar-refractivity contribution in [2.45, 2.75) is 18.6 Å². The molecule has 1 spiro atoms. The molecule has 6 heteroatoms. The van der Waals surface area contributed by atoms with Gasteiger partial charge in [-0.3, -0.25) is 4.79 Å². The standard InChI is InChI=1S/C11H11BrN2O3/c12-7-5-8-9(13-6-7)10(15)14-11(17-8)1-3-16-4-2-11/h5-6H,1-4H2,(H,14,15). The van der Waals surface area contributed by atoms with E-state index in [2.05, 4.69) is 26.2 Å². The zero-order valence-electron chi connectivity index (χ0n) is 9.03. The maximum absolute atomic E-state index is 12.0. The van der Waals surface area contributed by atoms with Gasteiger partial charge in [0.25, 0.3) is 5.91 Å². The van der Waals surface area contributed by atoms with Crippen LogP contribution in [0, 0.1) is 0 Å². The zero-order valence-corrected chi connectivity index (χ0v) is 10.6. The molecule has 17 heavy (non-hydrogen) atoms. The predicted octanol–water partition coefficient (Wildman–Crippen LogP) is 1.47. The maximum atomic E-state index is 12.0. The average molecular weight is 299 g/mol. The van der Waals surface area contributed by atoms with E-state index >= 15 is 0 Å². The molecule has 0 saturated carbocycles. The summed E-state index contributed by atoms with van der Waals surface area (Å²) in [7, 11) is 0. The van der Waals surface area contributed by atoms with E-state index < -0.39 is 5.72 Å². The largest absolute Gasteiger partial charge is 0.465 e. The first-order valence-electron chi connectivity index (χ1n) is 5.43. The summed E-state index contributed by atoms with van der Waals surface area (Å²) in [6, 6.07) is 1.78. The molecule has 1 aromatic rings. The number of hydrogen-bond acceptors (Lipinski definition) is 4. The Balaban J connectivity index is 1.98. The Bertz CT molecular complexity index is 472. The van der Waals surface area contributed by atoms with Gasteiger partial charge in [0.1, 0.15) is 0 Å². The van der Waals surface area contributed by atoms with Crippen LogP contribution in [0.25, 0.3) is 0 Å². The van der Waals surface area contributed by atoms with Crippen LogP contribution in [0.5, 0.6) is 5.75 Å². The van der Waals surface area contributed by atoms with Crippen LogP contribution >= 0.6 is 15.9 Å². The highest BCUT2D eigenvalue weighted by molar-refractivity contribution is 9.10. The molecule has 3 heterocycles. The van der Waals surface area contributed by atoms with Gasteiger partial charge in [0.15, 0.2) is 17.2 Å². The molecule has 1 amide bonds. The van der Waals surface area contributed by atoms with Crippen LogP contribution in [0.2, 0.25) is 0 Å². The zero-order chi connectivity index (χ0) is 11.9. The number of aromatic nitrogens is 1. The molecule has 1 aromatic heterocycles. The number of amides is 1. The van der Waals surface area contributed by atoms with E-state index in [4.69, 9.17) is 9.47 Å². The van der Waals surface area contributed by atoms with E-state index in [9.17, 15) is 4.79 Å². The minimum Gasteiger partial charge on any atom is -0.465 e. The second-order valence-corrected chi connectivity index (χ2v) is 5.08. The molecule has 90 valence electrons. The molecular formula is C11H11BrN2O3. The fourth-order valence-corrected chi connectivity index (χ4v) is 2.41.